The van der Waals surface area contributed by atoms with Gasteiger partial charge in [0.1, 0.15) is 10.8 Å². The van der Waals surface area contributed by atoms with Crippen LogP contribution in [0.5, 0.6) is 5.75 Å². The fourth-order valence-electron chi connectivity index (χ4n) is 2.40. The smallest absolute Gasteiger partial charge is 0.340 e. The Kier molecular flexibility index (Phi) is 6.32. The van der Waals surface area contributed by atoms with Gasteiger partial charge in [-0.05, 0) is 35.7 Å². The van der Waals surface area contributed by atoms with Gasteiger partial charge in [0.15, 0.2) is 11.0 Å². The number of ether oxygens (including phenoxy) is 2. The molecule has 0 atom stereocenters. The molecule has 0 saturated heterocycles. The number of thioether (sulfide) groups is 1. The van der Waals surface area contributed by atoms with Crippen molar-refractivity contribution in [1.82, 2.24) is 14.8 Å². The van der Waals surface area contributed by atoms with E-state index in [4.69, 9.17) is 9.47 Å². The van der Waals surface area contributed by atoms with Crippen LogP contribution in [-0.4, -0.2) is 46.6 Å². The molecule has 0 spiro atoms. The van der Waals surface area contributed by atoms with Crippen LogP contribution >= 0.6 is 23.1 Å². The number of nitrogens with one attached hydrogen (secondary N) is 1. The van der Waals surface area contributed by atoms with Crippen molar-refractivity contribution in [2.24, 2.45) is 7.05 Å². The summed E-state index contributed by atoms with van der Waals surface area (Å²) in [4.78, 5) is 23.9. The van der Waals surface area contributed by atoms with Gasteiger partial charge in [0, 0.05) is 12.6 Å². The number of nitrogens with zero attached hydrogens (tertiary/aromatic N) is 3. The number of carbonyl (C=O) groups is 2. The normalized spacial score (nSPS) is 10.5. The Morgan fingerprint density at radius 1 is 1.18 bits per heavy atom. The van der Waals surface area contributed by atoms with Gasteiger partial charge < -0.3 is 19.4 Å². The minimum Gasteiger partial charge on any atom is -0.497 e. The molecule has 1 amide bonds. The third-order valence-electron chi connectivity index (χ3n) is 3.84. The summed E-state index contributed by atoms with van der Waals surface area (Å²) >= 11 is 2.53. The maximum absolute atomic E-state index is 12.3. The lowest BCUT2D eigenvalue weighted by atomic mass is 10.2. The Balaban J connectivity index is 1.63. The van der Waals surface area contributed by atoms with E-state index in [1.165, 1.54) is 30.2 Å². The molecule has 28 heavy (non-hydrogen) atoms. The van der Waals surface area contributed by atoms with E-state index in [1.54, 1.807) is 18.6 Å². The molecular weight excluding hydrogens is 400 g/mol. The quantitative estimate of drug-likeness (QED) is 0.465. The summed E-state index contributed by atoms with van der Waals surface area (Å²) in [7, 11) is 4.76. The molecule has 0 aliphatic carbocycles. The Morgan fingerprint density at radius 3 is 2.61 bits per heavy atom. The summed E-state index contributed by atoms with van der Waals surface area (Å²) in [5, 5.41) is 13.9. The molecule has 3 aromatic rings. The van der Waals surface area contributed by atoms with E-state index in [1.807, 2.05) is 35.9 Å². The largest absolute Gasteiger partial charge is 0.497 e. The molecule has 0 fully saturated rings. The molecule has 0 unspecified atom stereocenters. The van der Waals surface area contributed by atoms with Crippen LogP contribution in [0.25, 0.3) is 11.4 Å². The molecule has 0 radical (unpaired) electrons. The number of hydrogen-bond acceptors (Lipinski definition) is 8. The molecule has 10 heteroatoms. The summed E-state index contributed by atoms with van der Waals surface area (Å²) in [6.45, 7) is 0. The number of rotatable bonds is 7. The monoisotopic (exact) mass is 418 g/mol. The van der Waals surface area contributed by atoms with Gasteiger partial charge in [-0.2, -0.15) is 0 Å². The minimum atomic E-state index is -0.485. The van der Waals surface area contributed by atoms with E-state index in [2.05, 4.69) is 15.5 Å². The summed E-state index contributed by atoms with van der Waals surface area (Å²) in [5.41, 5.74) is 1.24. The average molecular weight is 419 g/mol. The number of hydrogen-bond donors (Lipinski definition) is 1. The first-order valence-electron chi connectivity index (χ1n) is 8.15. The number of carbonyl (C=O) groups excluding carboxylic acids is 2. The standard InChI is InChI=1S/C18H18N4O4S2/c1-22-15(11-4-6-12(25-2)7-5-11)20-21-18(22)28-10-14(23)19-16-13(8-9-27-16)17(24)26-3/h4-9H,10H2,1-3H3,(H,19,23). The molecule has 146 valence electrons. The van der Waals surface area contributed by atoms with Crippen LogP contribution in [0.4, 0.5) is 5.00 Å². The van der Waals surface area contributed by atoms with E-state index < -0.39 is 5.97 Å². The van der Waals surface area contributed by atoms with Crippen molar-refractivity contribution in [3.05, 3.63) is 41.3 Å². The average Bonchev–Trinajstić information content (AvgIpc) is 3.32. The van der Waals surface area contributed by atoms with Crippen molar-refractivity contribution < 1.29 is 19.1 Å². The summed E-state index contributed by atoms with van der Waals surface area (Å²) < 4.78 is 11.7. The van der Waals surface area contributed by atoms with Crippen LogP contribution in [0.15, 0.2) is 40.9 Å². The molecule has 2 aromatic heterocycles. The Bertz CT molecular complexity index is 982. The predicted molar refractivity (Wildman–Crippen MR) is 108 cm³/mol. The minimum absolute atomic E-state index is 0.132. The third kappa shape index (κ3) is 4.34. The van der Waals surface area contributed by atoms with Crippen molar-refractivity contribution in [2.45, 2.75) is 5.16 Å². The van der Waals surface area contributed by atoms with Gasteiger partial charge in [0.2, 0.25) is 5.91 Å². The number of thiophene rings is 1. The first kappa shape index (κ1) is 19.9. The predicted octanol–water partition coefficient (Wildman–Crippen LogP) is 3.07. The summed E-state index contributed by atoms with van der Waals surface area (Å²) in [6, 6.07) is 9.11. The van der Waals surface area contributed by atoms with Gasteiger partial charge in [0.05, 0.1) is 25.5 Å². The molecule has 1 N–H and O–H groups in total. The molecular formula is C18H18N4O4S2. The lowest BCUT2D eigenvalue weighted by molar-refractivity contribution is -0.113. The number of anilines is 1. The van der Waals surface area contributed by atoms with E-state index in [0.717, 1.165) is 11.3 Å². The maximum atomic E-state index is 12.3. The van der Waals surface area contributed by atoms with Crippen LogP contribution < -0.4 is 10.1 Å². The van der Waals surface area contributed by atoms with Gasteiger partial charge in [-0.1, -0.05) is 11.8 Å². The second-order valence-electron chi connectivity index (χ2n) is 5.59. The van der Waals surface area contributed by atoms with Crippen molar-refractivity contribution in [3.63, 3.8) is 0 Å². The maximum Gasteiger partial charge on any atom is 0.340 e. The zero-order chi connectivity index (χ0) is 20.1. The fraction of sp³-hybridized carbons (Fsp3) is 0.222. The van der Waals surface area contributed by atoms with E-state index >= 15 is 0 Å². The highest BCUT2D eigenvalue weighted by Gasteiger charge is 2.17. The van der Waals surface area contributed by atoms with Gasteiger partial charge in [-0.3, -0.25) is 4.79 Å². The zero-order valence-corrected chi connectivity index (χ0v) is 17.1. The van der Waals surface area contributed by atoms with E-state index in [0.29, 0.717) is 21.5 Å². The van der Waals surface area contributed by atoms with Crippen LogP contribution in [-0.2, 0) is 16.6 Å². The van der Waals surface area contributed by atoms with Gasteiger partial charge >= 0.3 is 5.97 Å². The topological polar surface area (TPSA) is 95.3 Å². The second kappa shape index (κ2) is 8.89. The molecule has 0 saturated carbocycles. The molecule has 0 bridgehead atoms. The number of benzene rings is 1. The second-order valence-corrected chi connectivity index (χ2v) is 7.44. The first-order chi connectivity index (χ1) is 13.5. The SMILES string of the molecule is COC(=O)c1ccsc1NC(=O)CSc1nnc(-c2ccc(OC)cc2)n1C. The molecule has 8 nitrogen and oxygen atoms in total. The van der Waals surface area contributed by atoms with E-state index in [-0.39, 0.29) is 11.7 Å². The molecule has 2 heterocycles. The lowest BCUT2D eigenvalue weighted by Gasteiger charge is -2.06. The molecule has 3 rings (SSSR count). The lowest BCUT2D eigenvalue weighted by Crippen LogP contribution is -2.16. The van der Waals surface area contributed by atoms with Gasteiger partial charge in [0.25, 0.3) is 0 Å². The summed E-state index contributed by atoms with van der Waals surface area (Å²) in [6.07, 6.45) is 0. The molecule has 0 aliphatic rings. The van der Waals surface area contributed by atoms with Crippen LogP contribution in [0.3, 0.4) is 0 Å². The van der Waals surface area contributed by atoms with Gasteiger partial charge in [-0.15, -0.1) is 21.5 Å². The number of aromatic nitrogens is 3. The highest BCUT2D eigenvalue weighted by atomic mass is 32.2. The summed E-state index contributed by atoms with van der Waals surface area (Å²) in [5.74, 6) is 0.856. The number of methoxy groups -OCH3 is 2. The number of amides is 1. The van der Waals surface area contributed by atoms with Gasteiger partial charge in [-0.25, -0.2) is 4.79 Å². The van der Waals surface area contributed by atoms with Crippen molar-refractivity contribution in [2.75, 3.05) is 25.3 Å². The molecule has 1 aromatic carbocycles. The van der Waals surface area contributed by atoms with Crippen LogP contribution in [0.2, 0.25) is 0 Å². The third-order valence-corrected chi connectivity index (χ3v) is 5.69. The van der Waals surface area contributed by atoms with Crippen molar-refractivity contribution in [3.8, 4) is 17.1 Å². The molecule has 0 aliphatic heterocycles. The fourth-order valence-corrected chi connectivity index (χ4v) is 3.90. The van der Waals surface area contributed by atoms with E-state index in [9.17, 15) is 9.59 Å². The van der Waals surface area contributed by atoms with Crippen molar-refractivity contribution >= 4 is 40.0 Å². The Morgan fingerprint density at radius 2 is 1.93 bits per heavy atom. The number of esters is 1. The Hall–Kier alpha value is -2.85. The Labute approximate surface area is 169 Å². The van der Waals surface area contributed by atoms with Crippen molar-refractivity contribution in [1.29, 1.82) is 0 Å². The highest BCUT2D eigenvalue weighted by molar-refractivity contribution is 7.99. The van der Waals surface area contributed by atoms with Crippen LogP contribution in [0, 0.1) is 0 Å². The van der Waals surface area contributed by atoms with Crippen LogP contribution in [0.1, 0.15) is 10.4 Å². The first-order valence-corrected chi connectivity index (χ1v) is 10.0. The zero-order valence-electron chi connectivity index (χ0n) is 15.5. The highest BCUT2D eigenvalue weighted by Crippen LogP contribution is 2.26.